The fourth-order valence-electron chi connectivity index (χ4n) is 3.80. The Balaban J connectivity index is 1.93. The van der Waals surface area contributed by atoms with Gasteiger partial charge in [-0.3, -0.25) is 0 Å². The van der Waals surface area contributed by atoms with Gasteiger partial charge in [0.05, 0.1) is 6.10 Å². The second-order valence-corrected chi connectivity index (χ2v) is 11.2. The third-order valence-corrected chi connectivity index (χ3v) is 8.94. The highest BCUT2D eigenvalue weighted by atomic mass is 79.9. The third-order valence-electron chi connectivity index (χ3n) is 5.54. The van der Waals surface area contributed by atoms with Gasteiger partial charge in [-0.25, -0.2) is 4.39 Å². The molecular weight excluding hydrogens is 498 g/mol. The van der Waals surface area contributed by atoms with Crippen molar-refractivity contribution in [2.24, 2.45) is 0 Å². The summed E-state index contributed by atoms with van der Waals surface area (Å²) >= 11 is 3.42. The van der Waals surface area contributed by atoms with Crippen LogP contribution in [0.15, 0.2) is 125 Å². The molecule has 0 saturated carbocycles. The number of hydrogen-bond acceptors (Lipinski definition) is 2. The largest absolute Gasteiger partial charge is 0.388 e. The van der Waals surface area contributed by atoms with Gasteiger partial charge < -0.3 is 9.67 Å². The van der Waals surface area contributed by atoms with E-state index < -0.39 is 18.8 Å². The molecule has 4 aromatic rings. The van der Waals surface area contributed by atoms with Gasteiger partial charge in [0.25, 0.3) is 0 Å². The molecule has 0 amide bonds. The van der Waals surface area contributed by atoms with Crippen LogP contribution < -0.4 is 10.6 Å². The van der Waals surface area contributed by atoms with E-state index in [1.807, 2.05) is 42.5 Å². The molecule has 4 rings (SSSR count). The first-order valence-corrected chi connectivity index (χ1v) is 13.1. The zero-order valence-electron chi connectivity index (χ0n) is 17.8. The standard InChI is InChI=1S/C28H23BrFO2P/c29-23-18-16-21(17-19-23)26(20-27(31)22-10-4-1-5-11-22)28(30)33(32,24-12-6-2-7-13-24)25-14-8-3-9-15-25/h1-19,27,31H,20H2. The van der Waals surface area contributed by atoms with Crippen LogP contribution in [-0.2, 0) is 4.57 Å². The number of aliphatic hydroxyl groups is 1. The zero-order valence-corrected chi connectivity index (χ0v) is 20.3. The summed E-state index contributed by atoms with van der Waals surface area (Å²) < 4.78 is 32.1. The van der Waals surface area contributed by atoms with Gasteiger partial charge in [-0.2, -0.15) is 0 Å². The smallest absolute Gasteiger partial charge is 0.198 e. The van der Waals surface area contributed by atoms with E-state index in [1.165, 1.54) is 0 Å². The summed E-state index contributed by atoms with van der Waals surface area (Å²) in [6.07, 6.45) is -0.961. The Morgan fingerprint density at radius 1 is 0.758 bits per heavy atom. The molecule has 0 bridgehead atoms. The lowest BCUT2D eigenvalue weighted by Crippen LogP contribution is -2.17. The first kappa shape index (κ1) is 23.4. The lowest BCUT2D eigenvalue weighted by atomic mass is 9.97. The second-order valence-electron chi connectivity index (χ2n) is 7.69. The molecule has 0 spiro atoms. The Bertz CT molecular complexity index is 1230. The maximum absolute atomic E-state index is 16.6. The Morgan fingerprint density at radius 2 is 1.21 bits per heavy atom. The van der Waals surface area contributed by atoms with Crippen LogP contribution in [0.1, 0.15) is 23.7 Å². The van der Waals surface area contributed by atoms with Gasteiger partial charge in [0.2, 0.25) is 0 Å². The summed E-state index contributed by atoms with van der Waals surface area (Å²) in [5.41, 5.74) is 0.777. The Morgan fingerprint density at radius 3 is 1.70 bits per heavy atom. The molecule has 1 N–H and O–H groups in total. The number of aliphatic hydroxyl groups excluding tert-OH is 1. The Hall–Kier alpha value is -2.78. The summed E-state index contributed by atoms with van der Waals surface area (Å²) in [6.45, 7) is 0. The van der Waals surface area contributed by atoms with Gasteiger partial charge >= 0.3 is 0 Å². The van der Waals surface area contributed by atoms with Crippen molar-refractivity contribution in [3.8, 4) is 0 Å². The quantitative estimate of drug-likeness (QED) is 0.261. The maximum atomic E-state index is 16.6. The lowest BCUT2D eigenvalue weighted by molar-refractivity contribution is 0.183. The average Bonchev–Trinajstić information content (AvgIpc) is 2.88. The number of hydrogen-bond donors (Lipinski definition) is 1. The molecule has 0 aliphatic carbocycles. The Kier molecular flexibility index (Phi) is 7.39. The monoisotopic (exact) mass is 520 g/mol. The Labute approximate surface area is 201 Å². The normalized spacial score (nSPS) is 13.3. The molecule has 4 aromatic carbocycles. The van der Waals surface area contributed by atoms with Crippen molar-refractivity contribution < 1.29 is 14.1 Å². The van der Waals surface area contributed by atoms with Gasteiger partial charge in [-0.1, -0.05) is 119 Å². The van der Waals surface area contributed by atoms with Gasteiger partial charge in [-0.05, 0) is 23.3 Å². The molecule has 0 aliphatic rings. The van der Waals surface area contributed by atoms with E-state index in [4.69, 9.17) is 0 Å². The molecule has 0 saturated heterocycles. The lowest BCUT2D eigenvalue weighted by Gasteiger charge is -2.22. The molecular formula is C28H23BrFO2P. The summed E-state index contributed by atoms with van der Waals surface area (Å²) in [6, 6.07) is 33.7. The number of benzene rings is 4. The fraction of sp³-hybridized carbons (Fsp3) is 0.0714. The van der Waals surface area contributed by atoms with Gasteiger partial charge in [0.15, 0.2) is 12.7 Å². The zero-order chi connectivity index (χ0) is 23.3. The maximum Gasteiger partial charge on any atom is 0.198 e. The molecule has 0 fully saturated rings. The summed E-state index contributed by atoms with van der Waals surface area (Å²) in [5.74, 6) is 0. The van der Waals surface area contributed by atoms with Crippen LogP contribution in [0.25, 0.3) is 5.57 Å². The van der Waals surface area contributed by atoms with Crippen molar-refractivity contribution in [3.63, 3.8) is 0 Å². The van der Waals surface area contributed by atoms with Gasteiger partial charge in [0, 0.05) is 27.1 Å². The van der Waals surface area contributed by atoms with Crippen molar-refractivity contribution in [3.05, 3.63) is 136 Å². The highest BCUT2D eigenvalue weighted by molar-refractivity contribution is 9.10. The fourth-order valence-corrected chi connectivity index (χ4v) is 6.60. The van der Waals surface area contributed by atoms with E-state index in [-0.39, 0.29) is 12.0 Å². The highest BCUT2D eigenvalue weighted by Crippen LogP contribution is 2.56. The van der Waals surface area contributed by atoms with E-state index in [9.17, 15) is 9.67 Å². The summed E-state index contributed by atoms with van der Waals surface area (Å²) in [7, 11) is -3.81. The molecule has 1 unspecified atom stereocenters. The molecule has 166 valence electrons. The third kappa shape index (κ3) is 5.09. The van der Waals surface area contributed by atoms with E-state index in [2.05, 4.69) is 15.9 Å². The molecule has 0 aromatic heterocycles. The van der Waals surface area contributed by atoms with Crippen molar-refractivity contribution in [2.45, 2.75) is 12.5 Å². The topological polar surface area (TPSA) is 37.3 Å². The summed E-state index contributed by atoms with van der Waals surface area (Å²) in [4.78, 5) is 0. The van der Waals surface area contributed by atoms with Crippen molar-refractivity contribution in [1.82, 2.24) is 0 Å². The van der Waals surface area contributed by atoms with Crippen LogP contribution in [0.5, 0.6) is 0 Å². The minimum atomic E-state index is -3.81. The minimum Gasteiger partial charge on any atom is -0.388 e. The van der Waals surface area contributed by atoms with Crippen LogP contribution in [0.2, 0.25) is 0 Å². The predicted molar refractivity (Wildman–Crippen MR) is 138 cm³/mol. The molecule has 33 heavy (non-hydrogen) atoms. The van der Waals surface area contributed by atoms with Crippen molar-refractivity contribution >= 4 is 39.3 Å². The first-order chi connectivity index (χ1) is 16.0. The molecule has 2 nitrogen and oxygen atoms in total. The van der Waals surface area contributed by atoms with Crippen LogP contribution >= 0.6 is 23.1 Å². The molecule has 0 heterocycles. The summed E-state index contributed by atoms with van der Waals surface area (Å²) in [5, 5.41) is 11.8. The number of halogens is 2. The van der Waals surface area contributed by atoms with E-state index in [0.717, 1.165) is 4.47 Å². The second kappa shape index (κ2) is 10.4. The van der Waals surface area contributed by atoms with E-state index in [0.29, 0.717) is 21.7 Å². The predicted octanol–water partition coefficient (Wildman–Crippen LogP) is 7.23. The van der Waals surface area contributed by atoms with Crippen LogP contribution in [0.4, 0.5) is 4.39 Å². The highest BCUT2D eigenvalue weighted by Gasteiger charge is 2.35. The van der Waals surface area contributed by atoms with Crippen LogP contribution in [0.3, 0.4) is 0 Å². The number of rotatable bonds is 7. The van der Waals surface area contributed by atoms with Gasteiger partial charge in [-0.15, -0.1) is 0 Å². The molecule has 0 aliphatic heterocycles. The first-order valence-electron chi connectivity index (χ1n) is 10.6. The molecule has 5 heteroatoms. The average molecular weight is 521 g/mol. The van der Waals surface area contributed by atoms with E-state index >= 15 is 4.39 Å². The molecule has 0 radical (unpaired) electrons. The van der Waals surface area contributed by atoms with E-state index in [1.54, 1.807) is 72.8 Å². The SMILES string of the molecule is O=P(C(F)=C(CC(O)c1ccccc1)c1ccc(Br)cc1)(c1ccccc1)c1ccccc1. The van der Waals surface area contributed by atoms with Gasteiger partial charge in [0.1, 0.15) is 0 Å². The minimum absolute atomic E-state index is 0.0128. The van der Waals surface area contributed by atoms with Crippen molar-refractivity contribution in [2.75, 3.05) is 0 Å². The van der Waals surface area contributed by atoms with Crippen molar-refractivity contribution in [1.29, 1.82) is 0 Å². The van der Waals surface area contributed by atoms with Crippen LogP contribution in [-0.4, -0.2) is 5.11 Å². The molecule has 1 atom stereocenters. The van der Waals surface area contributed by atoms with Crippen LogP contribution in [0, 0.1) is 0 Å².